The number of rotatable bonds is 4. The van der Waals surface area contributed by atoms with Gasteiger partial charge in [0.1, 0.15) is 24.1 Å². The predicted octanol–water partition coefficient (Wildman–Crippen LogP) is 3.44. The van der Waals surface area contributed by atoms with Crippen molar-refractivity contribution in [3.63, 3.8) is 0 Å². The summed E-state index contributed by atoms with van der Waals surface area (Å²) in [5, 5.41) is 7.78. The number of pyridine rings is 1. The Morgan fingerprint density at radius 3 is 2.59 bits per heavy atom. The fourth-order valence-electron chi connectivity index (χ4n) is 3.81. The van der Waals surface area contributed by atoms with Crippen molar-refractivity contribution in [3.8, 4) is 22.4 Å². The maximum absolute atomic E-state index is 11.9. The smallest absolute Gasteiger partial charge is 0.250 e. The molecule has 0 bridgehead atoms. The van der Waals surface area contributed by atoms with Gasteiger partial charge in [-0.2, -0.15) is 5.10 Å². The van der Waals surface area contributed by atoms with Gasteiger partial charge in [0.15, 0.2) is 5.65 Å². The van der Waals surface area contributed by atoms with Gasteiger partial charge in [0, 0.05) is 30.1 Å². The van der Waals surface area contributed by atoms with Gasteiger partial charge in [0.05, 0.1) is 11.1 Å². The topological polar surface area (TPSA) is 116 Å². The van der Waals surface area contributed by atoms with Crippen molar-refractivity contribution < 1.29 is 4.79 Å². The van der Waals surface area contributed by atoms with Gasteiger partial charge < -0.3 is 15.6 Å². The summed E-state index contributed by atoms with van der Waals surface area (Å²) >= 11 is 0. The maximum Gasteiger partial charge on any atom is 0.250 e. The number of anilines is 2. The standard InChI is InChI=1S/C23H20N8O/c1-13(2)23(32)29-16-6-4-14(5-7-16)20-18(15-8-9-31-17(10-15)25-12-28-31)19-21(24)26-11-27-22(19)30(20)3/h4-12H,1H2,2-3H3,(H,29,32)(H2,24,26,27). The van der Waals surface area contributed by atoms with Crippen molar-refractivity contribution in [2.45, 2.75) is 6.92 Å². The second-order valence-corrected chi connectivity index (χ2v) is 7.53. The molecule has 0 radical (unpaired) electrons. The molecule has 9 nitrogen and oxygen atoms in total. The molecule has 158 valence electrons. The summed E-state index contributed by atoms with van der Waals surface area (Å²) in [6, 6.07) is 11.5. The van der Waals surface area contributed by atoms with Gasteiger partial charge in [-0.3, -0.25) is 4.79 Å². The molecule has 0 unspecified atom stereocenters. The van der Waals surface area contributed by atoms with Crippen LogP contribution in [0.4, 0.5) is 11.5 Å². The molecule has 1 aromatic carbocycles. The van der Waals surface area contributed by atoms with E-state index in [1.807, 2.05) is 54.2 Å². The van der Waals surface area contributed by atoms with Crippen LogP contribution < -0.4 is 11.1 Å². The molecule has 5 aromatic rings. The minimum absolute atomic E-state index is 0.215. The molecule has 4 aromatic heterocycles. The average Bonchev–Trinajstić information content (AvgIpc) is 3.37. The minimum atomic E-state index is -0.215. The first-order valence-corrected chi connectivity index (χ1v) is 9.90. The third kappa shape index (κ3) is 3.07. The summed E-state index contributed by atoms with van der Waals surface area (Å²) in [6.07, 6.45) is 4.83. The minimum Gasteiger partial charge on any atom is -0.383 e. The van der Waals surface area contributed by atoms with E-state index < -0.39 is 0 Å². The highest BCUT2D eigenvalue weighted by Gasteiger charge is 2.22. The Kier molecular flexibility index (Phi) is 4.44. The Balaban J connectivity index is 1.72. The van der Waals surface area contributed by atoms with E-state index >= 15 is 0 Å². The monoisotopic (exact) mass is 424 g/mol. The van der Waals surface area contributed by atoms with Gasteiger partial charge in [-0.05, 0) is 42.3 Å². The Bertz CT molecular complexity index is 1510. The molecular weight excluding hydrogens is 404 g/mol. The zero-order valence-electron chi connectivity index (χ0n) is 17.6. The van der Waals surface area contributed by atoms with Crippen molar-refractivity contribution in [2.24, 2.45) is 7.05 Å². The number of nitrogen functional groups attached to an aromatic ring is 1. The number of aromatic nitrogens is 6. The lowest BCUT2D eigenvalue weighted by Gasteiger charge is -2.11. The number of hydrogen-bond donors (Lipinski definition) is 2. The largest absolute Gasteiger partial charge is 0.383 e. The lowest BCUT2D eigenvalue weighted by Crippen LogP contribution is -2.11. The highest BCUT2D eigenvalue weighted by Crippen LogP contribution is 2.41. The molecule has 0 aliphatic carbocycles. The SMILES string of the molecule is C=C(C)C(=O)Nc1ccc(-c2c(-c3ccn4ncnc4c3)c3c(N)ncnc3n2C)cc1. The van der Waals surface area contributed by atoms with Crippen LogP contribution in [0.5, 0.6) is 0 Å². The Morgan fingerprint density at radius 1 is 1.06 bits per heavy atom. The lowest BCUT2D eigenvalue weighted by molar-refractivity contribution is -0.112. The van der Waals surface area contributed by atoms with E-state index in [0.717, 1.165) is 39.1 Å². The third-order valence-corrected chi connectivity index (χ3v) is 5.37. The molecule has 0 atom stereocenters. The van der Waals surface area contributed by atoms with Gasteiger partial charge in [0.2, 0.25) is 0 Å². The number of fused-ring (bicyclic) bond motifs is 2. The van der Waals surface area contributed by atoms with Crippen LogP contribution in [0.15, 0.2) is 67.4 Å². The number of nitrogens with zero attached hydrogens (tertiary/aromatic N) is 6. The van der Waals surface area contributed by atoms with Crippen LogP contribution in [0.3, 0.4) is 0 Å². The first-order valence-electron chi connectivity index (χ1n) is 9.90. The summed E-state index contributed by atoms with van der Waals surface area (Å²) < 4.78 is 3.70. The fourth-order valence-corrected chi connectivity index (χ4v) is 3.81. The van der Waals surface area contributed by atoms with Gasteiger partial charge in [-0.25, -0.2) is 19.5 Å². The molecule has 4 heterocycles. The van der Waals surface area contributed by atoms with E-state index in [9.17, 15) is 4.79 Å². The van der Waals surface area contributed by atoms with Crippen LogP contribution in [0, 0.1) is 0 Å². The highest BCUT2D eigenvalue weighted by molar-refractivity contribution is 6.08. The molecule has 32 heavy (non-hydrogen) atoms. The molecule has 9 heteroatoms. The van der Waals surface area contributed by atoms with E-state index in [1.54, 1.807) is 11.4 Å². The molecular formula is C23H20N8O. The molecule has 0 aliphatic heterocycles. The molecule has 0 saturated carbocycles. The number of aryl methyl sites for hydroxylation is 1. The summed E-state index contributed by atoms with van der Waals surface area (Å²) in [5.41, 5.74) is 12.6. The maximum atomic E-state index is 11.9. The normalized spacial score (nSPS) is 11.2. The Labute approximate surface area is 183 Å². The molecule has 0 fully saturated rings. The number of amides is 1. The number of benzene rings is 1. The van der Waals surface area contributed by atoms with Gasteiger partial charge in [-0.1, -0.05) is 18.7 Å². The first kappa shape index (κ1) is 19.4. The van der Waals surface area contributed by atoms with Crippen LogP contribution in [0.2, 0.25) is 0 Å². The van der Waals surface area contributed by atoms with Crippen LogP contribution in [-0.2, 0) is 11.8 Å². The lowest BCUT2D eigenvalue weighted by atomic mass is 9.99. The van der Waals surface area contributed by atoms with E-state index in [4.69, 9.17) is 5.73 Å². The van der Waals surface area contributed by atoms with Crippen LogP contribution in [-0.4, -0.2) is 35.0 Å². The number of hydrogen-bond acceptors (Lipinski definition) is 6. The van der Waals surface area contributed by atoms with Crippen molar-refractivity contribution in [1.29, 1.82) is 0 Å². The van der Waals surface area contributed by atoms with Crippen LogP contribution >= 0.6 is 0 Å². The zero-order chi connectivity index (χ0) is 22.4. The van der Waals surface area contributed by atoms with Crippen molar-refractivity contribution >= 4 is 34.1 Å². The first-order chi connectivity index (χ1) is 15.4. The second kappa shape index (κ2) is 7.31. The van der Waals surface area contributed by atoms with E-state index in [1.165, 1.54) is 12.7 Å². The van der Waals surface area contributed by atoms with Crippen LogP contribution in [0.1, 0.15) is 6.92 Å². The highest BCUT2D eigenvalue weighted by atomic mass is 16.1. The summed E-state index contributed by atoms with van der Waals surface area (Å²) in [5.74, 6) is 0.186. The number of nitrogens with one attached hydrogen (secondary N) is 1. The summed E-state index contributed by atoms with van der Waals surface area (Å²) in [7, 11) is 1.94. The predicted molar refractivity (Wildman–Crippen MR) is 124 cm³/mol. The van der Waals surface area contributed by atoms with Crippen molar-refractivity contribution in [2.75, 3.05) is 11.1 Å². The van der Waals surface area contributed by atoms with Gasteiger partial charge >= 0.3 is 0 Å². The summed E-state index contributed by atoms with van der Waals surface area (Å²) in [6.45, 7) is 5.34. The Morgan fingerprint density at radius 2 is 1.84 bits per heavy atom. The van der Waals surface area contributed by atoms with Gasteiger partial charge in [-0.15, -0.1) is 0 Å². The number of carbonyl (C=O) groups is 1. The summed E-state index contributed by atoms with van der Waals surface area (Å²) in [4.78, 5) is 24.9. The molecule has 0 spiro atoms. The molecule has 5 rings (SSSR count). The second-order valence-electron chi connectivity index (χ2n) is 7.53. The van der Waals surface area contributed by atoms with Crippen LogP contribution in [0.25, 0.3) is 39.1 Å². The van der Waals surface area contributed by atoms with E-state index in [2.05, 4.69) is 31.9 Å². The van der Waals surface area contributed by atoms with E-state index in [-0.39, 0.29) is 5.91 Å². The van der Waals surface area contributed by atoms with E-state index in [0.29, 0.717) is 17.1 Å². The van der Waals surface area contributed by atoms with Gasteiger partial charge in [0.25, 0.3) is 5.91 Å². The number of carbonyl (C=O) groups excluding carboxylic acids is 1. The average molecular weight is 424 g/mol. The van der Waals surface area contributed by atoms with Crippen molar-refractivity contribution in [1.82, 2.24) is 29.1 Å². The fraction of sp³-hybridized carbons (Fsp3) is 0.0870. The number of nitrogens with two attached hydrogens (primary N) is 1. The Hall–Kier alpha value is -4.53. The zero-order valence-corrected chi connectivity index (χ0v) is 17.6. The molecule has 0 saturated heterocycles. The molecule has 0 aliphatic rings. The quantitative estimate of drug-likeness (QED) is 0.427. The molecule has 3 N–H and O–H groups in total. The van der Waals surface area contributed by atoms with Crippen molar-refractivity contribution in [3.05, 3.63) is 67.4 Å². The third-order valence-electron chi connectivity index (χ3n) is 5.37. The molecule has 1 amide bonds.